The molecular weight excluding hydrogens is 398 g/mol. The largest absolute Gasteiger partial charge is 0.495 e. The number of anilines is 2. The summed E-state index contributed by atoms with van der Waals surface area (Å²) in [6.45, 7) is 4.26. The van der Waals surface area contributed by atoms with Crippen molar-refractivity contribution in [1.82, 2.24) is 34.5 Å². The zero-order valence-corrected chi connectivity index (χ0v) is 17.5. The molecule has 2 aliphatic rings. The topological polar surface area (TPSA) is 144 Å². The van der Waals surface area contributed by atoms with Crippen LogP contribution in [0.25, 0.3) is 11.0 Å². The summed E-state index contributed by atoms with van der Waals surface area (Å²) in [7, 11) is 1.65. The Kier molecular flexibility index (Phi) is 5.08. The number of fused-ring (bicyclic) bond motifs is 3. The maximum Gasteiger partial charge on any atom is 0.222 e. The molecule has 2 saturated heterocycles. The van der Waals surface area contributed by atoms with Gasteiger partial charge in [-0.25, -0.2) is 4.98 Å². The average molecular weight is 425 g/mol. The third kappa shape index (κ3) is 3.64. The number of rotatable bonds is 7. The van der Waals surface area contributed by atoms with Crippen LogP contribution in [0, 0.1) is 0 Å². The highest BCUT2D eigenvalue weighted by Gasteiger charge is 2.42. The van der Waals surface area contributed by atoms with Crippen LogP contribution in [0.15, 0.2) is 18.5 Å². The summed E-state index contributed by atoms with van der Waals surface area (Å²) in [6.07, 6.45) is 4.69. The van der Waals surface area contributed by atoms with Crippen LogP contribution >= 0.6 is 0 Å². The van der Waals surface area contributed by atoms with Gasteiger partial charge in [-0.05, 0) is 18.1 Å². The highest BCUT2D eigenvalue weighted by molar-refractivity contribution is 5.85. The second-order valence-corrected chi connectivity index (χ2v) is 8.19. The number of ether oxygens (including phenoxy) is 1. The molecule has 11 heteroatoms. The van der Waals surface area contributed by atoms with Crippen molar-refractivity contribution in [3.8, 4) is 5.75 Å². The van der Waals surface area contributed by atoms with Crippen molar-refractivity contribution >= 4 is 22.8 Å². The third-order valence-corrected chi connectivity index (χ3v) is 6.28. The molecule has 164 valence electrons. The van der Waals surface area contributed by atoms with Crippen LogP contribution in [0.5, 0.6) is 5.75 Å². The van der Waals surface area contributed by atoms with E-state index in [0.29, 0.717) is 35.4 Å². The van der Waals surface area contributed by atoms with Crippen LogP contribution in [0.1, 0.15) is 17.7 Å². The number of methoxy groups -OCH3 is 1. The number of pyridine rings is 1. The summed E-state index contributed by atoms with van der Waals surface area (Å²) in [5.74, 6) is 1.12. The molecule has 1 unspecified atom stereocenters. The molecule has 5 heterocycles. The van der Waals surface area contributed by atoms with E-state index in [1.165, 1.54) is 6.42 Å². The van der Waals surface area contributed by atoms with Gasteiger partial charge in [-0.3, -0.25) is 19.5 Å². The fraction of sp³-hybridized carbons (Fsp3) is 0.500. The van der Waals surface area contributed by atoms with Crippen LogP contribution in [-0.4, -0.2) is 85.1 Å². The molecule has 5 N–H and O–H groups in total. The number of β-amino-alcohol motifs (C(OH)–C–C–N with tert-alkyl or cyclic N) is 1. The van der Waals surface area contributed by atoms with Gasteiger partial charge in [0.2, 0.25) is 5.95 Å². The van der Waals surface area contributed by atoms with E-state index in [1.54, 1.807) is 18.0 Å². The first kappa shape index (κ1) is 19.9. The minimum absolute atomic E-state index is 0.125. The van der Waals surface area contributed by atoms with Crippen LogP contribution in [0.4, 0.5) is 11.8 Å². The predicted molar refractivity (Wildman–Crippen MR) is 115 cm³/mol. The Balaban J connectivity index is 1.32. The van der Waals surface area contributed by atoms with Gasteiger partial charge in [0.25, 0.3) is 0 Å². The normalized spacial score (nSPS) is 21.4. The number of likely N-dealkylation sites (tertiary alicyclic amines) is 2. The summed E-state index contributed by atoms with van der Waals surface area (Å²) in [5, 5.41) is 13.6. The minimum atomic E-state index is 0.125. The summed E-state index contributed by atoms with van der Waals surface area (Å²) in [4.78, 5) is 17.8. The van der Waals surface area contributed by atoms with E-state index in [2.05, 4.69) is 29.9 Å². The Morgan fingerprint density at radius 2 is 1.94 bits per heavy atom. The first-order valence-electron chi connectivity index (χ1n) is 10.4. The number of hydrogen-bond acceptors (Lipinski definition) is 10. The van der Waals surface area contributed by atoms with Crippen LogP contribution in [-0.2, 0) is 13.1 Å². The summed E-state index contributed by atoms with van der Waals surface area (Å²) in [6, 6.07) is 3.12. The lowest BCUT2D eigenvalue weighted by Gasteiger charge is -2.33. The van der Waals surface area contributed by atoms with Crippen molar-refractivity contribution in [2.45, 2.75) is 31.6 Å². The van der Waals surface area contributed by atoms with Gasteiger partial charge in [-0.15, -0.1) is 0 Å². The van der Waals surface area contributed by atoms with Crippen molar-refractivity contribution in [2.24, 2.45) is 0 Å². The highest BCUT2D eigenvalue weighted by Crippen LogP contribution is 2.32. The maximum absolute atomic E-state index is 9.21. The van der Waals surface area contributed by atoms with E-state index >= 15 is 0 Å². The number of aliphatic hydroxyl groups is 1. The van der Waals surface area contributed by atoms with Crippen molar-refractivity contribution in [3.63, 3.8) is 0 Å². The summed E-state index contributed by atoms with van der Waals surface area (Å²) in [5.41, 5.74) is 14.8. The zero-order chi connectivity index (χ0) is 21.5. The molecule has 11 nitrogen and oxygen atoms in total. The molecule has 2 atom stereocenters. The van der Waals surface area contributed by atoms with Gasteiger partial charge in [0.15, 0.2) is 5.82 Å². The average Bonchev–Trinajstić information content (AvgIpc) is 3.44. The van der Waals surface area contributed by atoms with E-state index in [4.69, 9.17) is 16.2 Å². The van der Waals surface area contributed by atoms with Gasteiger partial charge in [-0.1, -0.05) is 0 Å². The van der Waals surface area contributed by atoms with Gasteiger partial charge in [0.05, 0.1) is 26.5 Å². The molecule has 3 aromatic rings. The molecule has 0 aromatic carbocycles. The van der Waals surface area contributed by atoms with E-state index in [-0.39, 0.29) is 18.4 Å². The number of piperazine rings is 1. The Morgan fingerprint density at radius 1 is 1.13 bits per heavy atom. The van der Waals surface area contributed by atoms with E-state index in [1.807, 2.05) is 12.3 Å². The van der Waals surface area contributed by atoms with E-state index < -0.39 is 0 Å². The Hall–Kier alpha value is -3.02. The number of nitrogen functional groups attached to an aromatic ring is 2. The van der Waals surface area contributed by atoms with E-state index in [0.717, 1.165) is 37.4 Å². The highest BCUT2D eigenvalue weighted by atomic mass is 16.5. The van der Waals surface area contributed by atoms with Crippen molar-refractivity contribution in [2.75, 3.05) is 44.8 Å². The Morgan fingerprint density at radius 3 is 2.68 bits per heavy atom. The molecule has 0 radical (unpaired) electrons. The number of aliphatic hydroxyl groups excluding tert-OH is 1. The van der Waals surface area contributed by atoms with E-state index in [9.17, 15) is 5.11 Å². The van der Waals surface area contributed by atoms with Crippen LogP contribution < -0.4 is 16.2 Å². The second-order valence-electron chi connectivity index (χ2n) is 8.19. The van der Waals surface area contributed by atoms with Crippen LogP contribution in [0.2, 0.25) is 0 Å². The first-order valence-corrected chi connectivity index (χ1v) is 10.4. The van der Waals surface area contributed by atoms with Gasteiger partial charge < -0.3 is 21.3 Å². The molecule has 31 heavy (non-hydrogen) atoms. The van der Waals surface area contributed by atoms with Gasteiger partial charge in [0, 0.05) is 44.5 Å². The third-order valence-electron chi connectivity index (χ3n) is 6.28. The molecule has 0 saturated carbocycles. The summed E-state index contributed by atoms with van der Waals surface area (Å²) < 4.78 is 7.34. The molecule has 0 spiro atoms. The Labute approximate surface area is 179 Å². The van der Waals surface area contributed by atoms with Gasteiger partial charge in [0.1, 0.15) is 22.5 Å². The SMILES string of the molecule is COc1cc(CN2CC3C[C@@H]2CN3CCO)cnc1Cn1ncc2nc(N)nc(N)c21. The second kappa shape index (κ2) is 7.91. The molecule has 5 rings (SSSR count). The number of aromatic nitrogens is 5. The Bertz CT molecular complexity index is 1100. The standard InChI is InChI=1S/C20H27N9O2/c1-31-17-4-12(8-28-10-13-5-14(28)9-27(13)2-3-30)6-23-16(17)11-29-18-15(7-24-29)25-20(22)26-19(18)21/h4,6-7,13-14,30H,2-3,5,8-11H2,1H3,(H4,21,22,25,26)/t13?,14-/m1/s1. The minimum Gasteiger partial charge on any atom is -0.495 e. The lowest BCUT2D eigenvalue weighted by Crippen LogP contribution is -2.46. The first-order chi connectivity index (χ1) is 15.1. The van der Waals surface area contributed by atoms with Gasteiger partial charge >= 0.3 is 0 Å². The molecule has 0 amide bonds. The molecular formula is C20H27N9O2. The number of hydrogen-bond donors (Lipinski definition) is 3. The number of nitrogens with zero attached hydrogens (tertiary/aromatic N) is 7. The molecule has 3 aromatic heterocycles. The fourth-order valence-corrected chi connectivity index (χ4v) is 4.86. The van der Waals surface area contributed by atoms with Gasteiger partial charge in [-0.2, -0.15) is 10.1 Å². The molecule has 2 bridgehead atoms. The predicted octanol–water partition coefficient (Wildman–Crippen LogP) is -0.307. The quantitative estimate of drug-likeness (QED) is 0.461. The lowest BCUT2D eigenvalue weighted by atomic mass is 10.2. The van der Waals surface area contributed by atoms with Crippen molar-refractivity contribution in [1.29, 1.82) is 0 Å². The smallest absolute Gasteiger partial charge is 0.222 e. The summed E-state index contributed by atoms with van der Waals surface area (Å²) >= 11 is 0. The fourth-order valence-electron chi connectivity index (χ4n) is 4.86. The zero-order valence-electron chi connectivity index (χ0n) is 17.5. The molecule has 2 aliphatic heterocycles. The van der Waals surface area contributed by atoms with Crippen molar-refractivity contribution in [3.05, 3.63) is 29.7 Å². The molecule has 0 aliphatic carbocycles. The van der Waals surface area contributed by atoms with Crippen molar-refractivity contribution < 1.29 is 9.84 Å². The maximum atomic E-state index is 9.21. The molecule has 2 fully saturated rings. The lowest BCUT2D eigenvalue weighted by molar-refractivity contribution is 0.105. The monoisotopic (exact) mass is 425 g/mol. The number of nitrogens with two attached hydrogens (primary N) is 2. The van der Waals surface area contributed by atoms with Crippen LogP contribution in [0.3, 0.4) is 0 Å².